The fourth-order valence-electron chi connectivity index (χ4n) is 3.99. The molecule has 2 N–H and O–H groups in total. The Bertz CT molecular complexity index is 1200. The number of nitrogens with one attached hydrogen (secondary N) is 1. The first-order valence-electron chi connectivity index (χ1n) is 11.2. The molecule has 2 amide bonds. The average molecular weight is 508 g/mol. The highest BCUT2D eigenvalue weighted by atomic mass is 19.1. The standard InChI is InChI=1S/C23H26F2N4O7/c1-34-5-4-28-13-27(10-16-12-35-6-7-36-16)23(33)19-21(31)20(30)17(11-29(19)28)22(32)26-9-14-2-3-15(24)8-18(14)25/h2-3,8,11,16,31H,4-7,9-10,12-13H2,1H3,(H,26,32). The Hall–Kier alpha value is -3.55. The van der Waals surface area contributed by atoms with Gasteiger partial charge in [-0.3, -0.25) is 24.1 Å². The minimum Gasteiger partial charge on any atom is -0.502 e. The molecule has 1 atom stereocenters. The van der Waals surface area contributed by atoms with E-state index in [4.69, 9.17) is 14.2 Å². The van der Waals surface area contributed by atoms with Crippen LogP contribution in [-0.4, -0.2) is 85.9 Å². The molecular formula is C23H26F2N4O7. The zero-order chi connectivity index (χ0) is 25.8. The maximum Gasteiger partial charge on any atom is 0.277 e. The van der Waals surface area contributed by atoms with Crippen LogP contribution in [0.2, 0.25) is 0 Å². The molecule has 2 aliphatic heterocycles. The number of rotatable bonds is 8. The number of aromatic nitrogens is 1. The molecule has 0 radical (unpaired) electrons. The Kier molecular flexibility index (Phi) is 7.82. The van der Waals surface area contributed by atoms with Crippen LogP contribution in [-0.2, 0) is 20.8 Å². The van der Waals surface area contributed by atoms with E-state index >= 15 is 0 Å². The van der Waals surface area contributed by atoms with Crippen LogP contribution in [0.3, 0.4) is 0 Å². The van der Waals surface area contributed by atoms with Gasteiger partial charge in [0, 0.05) is 31.5 Å². The van der Waals surface area contributed by atoms with Crippen LogP contribution in [0.5, 0.6) is 5.75 Å². The Morgan fingerprint density at radius 2 is 2.08 bits per heavy atom. The number of aromatic hydroxyl groups is 1. The number of hydrogen-bond acceptors (Lipinski definition) is 8. The first kappa shape index (κ1) is 25.5. The lowest BCUT2D eigenvalue weighted by atomic mass is 10.1. The average Bonchev–Trinajstić information content (AvgIpc) is 2.86. The third-order valence-corrected chi connectivity index (χ3v) is 5.85. The van der Waals surface area contributed by atoms with Crippen molar-refractivity contribution in [3.05, 3.63) is 63.1 Å². The lowest BCUT2D eigenvalue weighted by molar-refractivity contribution is -0.0955. The van der Waals surface area contributed by atoms with Crippen molar-refractivity contribution in [2.24, 2.45) is 0 Å². The fraction of sp³-hybridized carbons (Fsp3) is 0.435. The lowest BCUT2D eigenvalue weighted by Crippen LogP contribution is -2.57. The smallest absolute Gasteiger partial charge is 0.277 e. The van der Waals surface area contributed by atoms with Gasteiger partial charge in [-0.25, -0.2) is 8.78 Å². The molecule has 0 aliphatic carbocycles. The van der Waals surface area contributed by atoms with Crippen LogP contribution in [0, 0.1) is 11.6 Å². The highest BCUT2D eigenvalue weighted by molar-refractivity contribution is 5.99. The Morgan fingerprint density at radius 1 is 1.28 bits per heavy atom. The third kappa shape index (κ3) is 5.32. The number of carbonyl (C=O) groups is 2. The van der Waals surface area contributed by atoms with E-state index in [1.807, 2.05) is 0 Å². The number of halogens is 2. The van der Waals surface area contributed by atoms with Gasteiger partial charge in [0.05, 0.1) is 45.6 Å². The summed E-state index contributed by atoms with van der Waals surface area (Å²) in [5.41, 5.74) is -1.81. The lowest BCUT2D eigenvalue weighted by Gasteiger charge is -2.41. The van der Waals surface area contributed by atoms with Crippen molar-refractivity contribution in [1.82, 2.24) is 14.9 Å². The number of methoxy groups -OCH3 is 1. The second kappa shape index (κ2) is 11.0. The van der Waals surface area contributed by atoms with Crippen molar-refractivity contribution in [3.63, 3.8) is 0 Å². The first-order valence-corrected chi connectivity index (χ1v) is 11.2. The number of nitrogens with zero attached hydrogens (tertiary/aromatic N) is 3. The number of fused-ring (bicyclic) bond motifs is 1. The Morgan fingerprint density at radius 3 is 2.78 bits per heavy atom. The van der Waals surface area contributed by atoms with Crippen LogP contribution < -0.4 is 15.8 Å². The summed E-state index contributed by atoms with van der Waals surface area (Å²) in [5.74, 6) is -4.04. The van der Waals surface area contributed by atoms with Crippen molar-refractivity contribution in [2.45, 2.75) is 12.6 Å². The number of pyridine rings is 1. The van der Waals surface area contributed by atoms with Gasteiger partial charge in [-0.05, 0) is 6.07 Å². The molecule has 0 saturated carbocycles. The number of hydrogen-bond donors (Lipinski definition) is 2. The molecule has 2 aliphatic rings. The van der Waals surface area contributed by atoms with Crippen LogP contribution in [0.15, 0.2) is 29.2 Å². The molecule has 1 aromatic carbocycles. The molecule has 2 aromatic rings. The quantitative estimate of drug-likeness (QED) is 0.518. The van der Waals surface area contributed by atoms with Gasteiger partial charge in [0.1, 0.15) is 23.9 Å². The van der Waals surface area contributed by atoms with E-state index in [0.29, 0.717) is 25.9 Å². The van der Waals surface area contributed by atoms with Crippen molar-refractivity contribution < 1.29 is 37.7 Å². The van der Waals surface area contributed by atoms with Crippen molar-refractivity contribution in [3.8, 4) is 5.75 Å². The minimum absolute atomic E-state index is 0.00786. The summed E-state index contributed by atoms with van der Waals surface area (Å²) in [5, 5.41) is 14.7. The van der Waals surface area contributed by atoms with E-state index in [1.54, 1.807) is 5.01 Å². The van der Waals surface area contributed by atoms with Crippen LogP contribution in [0.1, 0.15) is 26.4 Å². The Balaban J connectivity index is 1.61. The van der Waals surface area contributed by atoms with Crippen molar-refractivity contribution >= 4 is 11.8 Å². The van der Waals surface area contributed by atoms with E-state index in [1.165, 1.54) is 22.8 Å². The maximum atomic E-state index is 13.9. The molecule has 1 unspecified atom stereocenters. The highest BCUT2D eigenvalue weighted by Gasteiger charge is 2.35. The molecule has 1 aromatic heterocycles. The SMILES string of the molecule is COCCN1CN(CC2COCCO2)C(=O)c2c(O)c(=O)c(C(=O)NCc3ccc(F)cc3F)cn21. The molecule has 194 valence electrons. The van der Waals surface area contributed by atoms with E-state index in [2.05, 4.69) is 5.32 Å². The zero-order valence-corrected chi connectivity index (χ0v) is 19.5. The molecule has 13 heteroatoms. The molecule has 0 bridgehead atoms. The molecule has 11 nitrogen and oxygen atoms in total. The van der Waals surface area contributed by atoms with E-state index in [-0.39, 0.29) is 50.3 Å². The maximum absolute atomic E-state index is 13.9. The van der Waals surface area contributed by atoms with Crippen LogP contribution >= 0.6 is 0 Å². The normalized spacial score (nSPS) is 17.8. The number of carbonyl (C=O) groups excluding carboxylic acids is 2. The number of amides is 2. The van der Waals surface area contributed by atoms with E-state index in [0.717, 1.165) is 12.3 Å². The van der Waals surface area contributed by atoms with Crippen LogP contribution in [0.25, 0.3) is 0 Å². The van der Waals surface area contributed by atoms with E-state index < -0.39 is 40.2 Å². The zero-order valence-electron chi connectivity index (χ0n) is 19.5. The summed E-state index contributed by atoms with van der Waals surface area (Å²) in [4.78, 5) is 40.3. The van der Waals surface area contributed by atoms with Crippen LogP contribution in [0.4, 0.5) is 8.78 Å². The van der Waals surface area contributed by atoms with Gasteiger partial charge in [-0.1, -0.05) is 6.07 Å². The number of benzene rings is 1. The predicted molar refractivity (Wildman–Crippen MR) is 121 cm³/mol. The van der Waals surface area contributed by atoms with Crippen molar-refractivity contribution in [2.75, 3.05) is 58.3 Å². The first-order chi connectivity index (χ1) is 17.3. The fourth-order valence-corrected chi connectivity index (χ4v) is 3.99. The number of ether oxygens (including phenoxy) is 3. The second-order valence-electron chi connectivity index (χ2n) is 8.29. The topological polar surface area (TPSA) is 123 Å². The molecule has 4 rings (SSSR count). The second-order valence-corrected chi connectivity index (χ2v) is 8.29. The summed E-state index contributed by atoms with van der Waals surface area (Å²) in [7, 11) is 1.50. The van der Waals surface area contributed by atoms with E-state index in [9.17, 15) is 28.3 Å². The van der Waals surface area contributed by atoms with Gasteiger partial charge in [0.15, 0.2) is 11.4 Å². The summed E-state index contributed by atoms with van der Waals surface area (Å²) >= 11 is 0. The summed E-state index contributed by atoms with van der Waals surface area (Å²) < 4.78 is 44.4. The minimum atomic E-state index is -1.06. The van der Waals surface area contributed by atoms with Gasteiger partial charge in [0.25, 0.3) is 11.8 Å². The van der Waals surface area contributed by atoms with Gasteiger partial charge in [-0.15, -0.1) is 0 Å². The third-order valence-electron chi connectivity index (χ3n) is 5.85. The summed E-state index contributed by atoms with van der Waals surface area (Å²) in [6.07, 6.45) is 0.781. The van der Waals surface area contributed by atoms with Gasteiger partial charge < -0.3 is 29.5 Å². The summed E-state index contributed by atoms with van der Waals surface area (Å²) in [6.45, 7) is 1.58. The largest absolute Gasteiger partial charge is 0.502 e. The molecule has 1 fully saturated rings. The summed E-state index contributed by atoms with van der Waals surface area (Å²) in [6, 6.07) is 2.89. The van der Waals surface area contributed by atoms with Gasteiger partial charge in [0.2, 0.25) is 5.43 Å². The molecule has 3 heterocycles. The Labute approximate surface area is 204 Å². The monoisotopic (exact) mass is 508 g/mol. The highest BCUT2D eigenvalue weighted by Crippen LogP contribution is 2.22. The van der Waals surface area contributed by atoms with Gasteiger partial charge >= 0.3 is 0 Å². The van der Waals surface area contributed by atoms with Crippen molar-refractivity contribution in [1.29, 1.82) is 0 Å². The molecular weight excluding hydrogens is 482 g/mol. The molecule has 1 saturated heterocycles. The predicted octanol–water partition coefficient (Wildman–Crippen LogP) is 0.175. The van der Waals surface area contributed by atoms with Gasteiger partial charge in [-0.2, -0.15) is 0 Å². The molecule has 36 heavy (non-hydrogen) atoms. The molecule has 0 spiro atoms.